The van der Waals surface area contributed by atoms with E-state index in [0.29, 0.717) is 23.9 Å². The number of hydrogen-bond donors (Lipinski definition) is 0. The van der Waals surface area contributed by atoms with Crippen molar-refractivity contribution in [1.82, 2.24) is 24.6 Å². The predicted octanol–water partition coefficient (Wildman–Crippen LogP) is 3.81. The molecule has 3 heterocycles. The first kappa shape index (κ1) is 19.3. The average Bonchev–Trinajstić information content (AvgIpc) is 3.10. The Labute approximate surface area is 166 Å². The summed E-state index contributed by atoms with van der Waals surface area (Å²) in [6.07, 6.45) is -3.60. The number of halogens is 5. The fraction of sp³-hybridized carbons (Fsp3) is 0.222. The minimum absolute atomic E-state index is 0.0413. The van der Waals surface area contributed by atoms with Gasteiger partial charge in [-0.15, -0.1) is 10.2 Å². The Kier molecular flexibility index (Phi) is 4.73. The van der Waals surface area contributed by atoms with Crippen LogP contribution in [0.3, 0.4) is 0 Å². The molecule has 150 valence electrons. The molecule has 0 spiro atoms. The zero-order chi connectivity index (χ0) is 20.8. The summed E-state index contributed by atoms with van der Waals surface area (Å²) < 4.78 is 54.0. The van der Waals surface area contributed by atoms with E-state index in [-0.39, 0.29) is 18.7 Å². The molecule has 11 heteroatoms. The van der Waals surface area contributed by atoms with E-state index in [2.05, 4.69) is 15.2 Å². The van der Waals surface area contributed by atoms with Crippen LogP contribution in [-0.4, -0.2) is 37.1 Å². The second kappa shape index (κ2) is 7.11. The van der Waals surface area contributed by atoms with E-state index in [1.165, 1.54) is 23.1 Å². The maximum Gasteiger partial charge on any atom is 0.417 e. The van der Waals surface area contributed by atoms with E-state index in [1.807, 2.05) is 0 Å². The Balaban J connectivity index is 1.60. The molecule has 1 aromatic carbocycles. The molecule has 1 aliphatic heterocycles. The van der Waals surface area contributed by atoms with Gasteiger partial charge in [0.05, 0.1) is 28.9 Å². The van der Waals surface area contributed by atoms with Crippen molar-refractivity contribution in [2.24, 2.45) is 0 Å². The summed E-state index contributed by atoms with van der Waals surface area (Å²) in [5.74, 6) is -0.253. The van der Waals surface area contributed by atoms with E-state index in [9.17, 15) is 22.4 Å². The molecule has 0 saturated carbocycles. The van der Waals surface area contributed by atoms with Gasteiger partial charge < -0.3 is 9.47 Å². The topological polar surface area (TPSA) is 63.9 Å². The van der Waals surface area contributed by atoms with Crippen LogP contribution >= 0.6 is 11.6 Å². The van der Waals surface area contributed by atoms with Crippen molar-refractivity contribution in [3.05, 3.63) is 64.3 Å². The monoisotopic (exact) mass is 425 g/mol. The van der Waals surface area contributed by atoms with E-state index < -0.39 is 28.5 Å². The molecule has 0 N–H and O–H groups in total. The van der Waals surface area contributed by atoms with Crippen molar-refractivity contribution < 1.29 is 22.4 Å². The van der Waals surface area contributed by atoms with Gasteiger partial charge in [-0.25, -0.2) is 9.37 Å². The van der Waals surface area contributed by atoms with Crippen LogP contribution in [0.25, 0.3) is 11.5 Å². The minimum Gasteiger partial charge on any atom is -0.329 e. The van der Waals surface area contributed by atoms with Crippen LogP contribution in [0.1, 0.15) is 21.7 Å². The van der Waals surface area contributed by atoms with Gasteiger partial charge in [0.2, 0.25) is 0 Å². The summed E-state index contributed by atoms with van der Waals surface area (Å²) in [5, 5.41) is 7.45. The van der Waals surface area contributed by atoms with Crippen molar-refractivity contribution in [1.29, 1.82) is 0 Å². The van der Waals surface area contributed by atoms with Crippen molar-refractivity contribution in [3.63, 3.8) is 0 Å². The summed E-state index contributed by atoms with van der Waals surface area (Å²) >= 11 is 5.87. The molecule has 0 unspecified atom stereocenters. The van der Waals surface area contributed by atoms with E-state index >= 15 is 0 Å². The third-order valence-corrected chi connectivity index (χ3v) is 4.94. The Morgan fingerprint density at radius 2 is 1.90 bits per heavy atom. The third kappa shape index (κ3) is 3.55. The quantitative estimate of drug-likeness (QED) is 0.586. The Morgan fingerprint density at radius 1 is 1.10 bits per heavy atom. The SMILES string of the molecule is O=C(c1cccc(C(F)(F)F)c1Cl)N1CCn2c(nnc2-c2ccc(F)cn2)C1. The van der Waals surface area contributed by atoms with Crippen LogP contribution in [0.2, 0.25) is 5.02 Å². The standard InChI is InChI=1S/C18H12ClF4N5O/c19-15-11(2-1-3-12(15)18(21,22)23)17(29)27-6-7-28-14(9-27)25-26-16(28)13-5-4-10(20)8-24-13/h1-5,8H,6-7,9H2. The number of pyridine rings is 1. The molecule has 1 aliphatic rings. The molecule has 0 fully saturated rings. The summed E-state index contributed by atoms with van der Waals surface area (Å²) in [6.45, 7) is 0.559. The molecule has 0 saturated heterocycles. The van der Waals surface area contributed by atoms with Crippen molar-refractivity contribution in [2.75, 3.05) is 6.54 Å². The number of aromatic nitrogens is 4. The highest BCUT2D eigenvalue weighted by atomic mass is 35.5. The lowest BCUT2D eigenvalue weighted by molar-refractivity contribution is -0.137. The highest BCUT2D eigenvalue weighted by Gasteiger charge is 2.36. The molecule has 29 heavy (non-hydrogen) atoms. The molecule has 2 aromatic heterocycles. The molecule has 0 aliphatic carbocycles. The molecule has 0 atom stereocenters. The first-order chi connectivity index (χ1) is 13.8. The number of alkyl halides is 3. The van der Waals surface area contributed by atoms with E-state index in [0.717, 1.165) is 18.3 Å². The van der Waals surface area contributed by atoms with Crippen molar-refractivity contribution in [3.8, 4) is 11.5 Å². The number of amides is 1. The van der Waals surface area contributed by atoms with Gasteiger partial charge in [-0.05, 0) is 24.3 Å². The van der Waals surface area contributed by atoms with Crippen LogP contribution < -0.4 is 0 Å². The average molecular weight is 426 g/mol. The summed E-state index contributed by atoms with van der Waals surface area (Å²) in [6, 6.07) is 5.94. The molecule has 6 nitrogen and oxygen atoms in total. The maximum absolute atomic E-state index is 13.1. The van der Waals surface area contributed by atoms with Crippen LogP contribution in [0, 0.1) is 5.82 Å². The van der Waals surface area contributed by atoms with Gasteiger partial charge in [-0.1, -0.05) is 17.7 Å². The zero-order valence-electron chi connectivity index (χ0n) is 14.6. The lowest BCUT2D eigenvalue weighted by Crippen LogP contribution is -2.38. The first-order valence-electron chi connectivity index (χ1n) is 8.44. The van der Waals surface area contributed by atoms with Crippen molar-refractivity contribution in [2.45, 2.75) is 19.3 Å². The molecule has 0 radical (unpaired) electrons. The lowest BCUT2D eigenvalue weighted by atomic mass is 10.1. The number of rotatable bonds is 2. The number of hydrogen-bond acceptors (Lipinski definition) is 4. The molecule has 4 rings (SSSR count). The van der Waals surface area contributed by atoms with Gasteiger partial charge >= 0.3 is 6.18 Å². The summed E-state index contributed by atoms with van der Waals surface area (Å²) in [5.41, 5.74) is -0.865. The normalized spacial score (nSPS) is 14.0. The molecule has 0 bridgehead atoms. The van der Waals surface area contributed by atoms with Gasteiger partial charge in [0, 0.05) is 13.1 Å². The summed E-state index contributed by atoms with van der Waals surface area (Å²) in [4.78, 5) is 18.1. The van der Waals surface area contributed by atoms with Crippen LogP contribution in [0.4, 0.5) is 17.6 Å². The second-order valence-corrected chi connectivity index (χ2v) is 6.72. The smallest absolute Gasteiger partial charge is 0.329 e. The highest BCUT2D eigenvalue weighted by Crippen LogP contribution is 2.36. The minimum atomic E-state index is -4.66. The number of nitrogens with zero attached hydrogens (tertiary/aromatic N) is 5. The molecule has 1 amide bonds. The lowest BCUT2D eigenvalue weighted by Gasteiger charge is -2.28. The largest absolute Gasteiger partial charge is 0.417 e. The fourth-order valence-corrected chi connectivity index (χ4v) is 3.43. The van der Waals surface area contributed by atoms with Crippen LogP contribution in [0.15, 0.2) is 36.5 Å². The third-order valence-electron chi connectivity index (χ3n) is 4.53. The summed E-state index contributed by atoms with van der Waals surface area (Å²) in [7, 11) is 0. The van der Waals surface area contributed by atoms with Gasteiger partial charge in [0.1, 0.15) is 11.5 Å². The maximum atomic E-state index is 13.1. The fourth-order valence-electron chi connectivity index (χ4n) is 3.12. The van der Waals surface area contributed by atoms with Crippen LogP contribution in [0.5, 0.6) is 0 Å². The Bertz CT molecular complexity index is 1080. The highest BCUT2D eigenvalue weighted by molar-refractivity contribution is 6.34. The molecular weight excluding hydrogens is 414 g/mol. The number of benzene rings is 1. The van der Waals surface area contributed by atoms with E-state index in [1.54, 1.807) is 4.57 Å². The van der Waals surface area contributed by atoms with Gasteiger partial charge in [0.15, 0.2) is 11.6 Å². The Morgan fingerprint density at radius 3 is 2.59 bits per heavy atom. The Hall–Kier alpha value is -3.01. The zero-order valence-corrected chi connectivity index (χ0v) is 15.4. The molecule has 3 aromatic rings. The van der Waals surface area contributed by atoms with Gasteiger partial charge in [-0.2, -0.15) is 13.2 Å². The molecular formula is C18H12ClF4N5O. The van der Waals surface area contributed by atoms with Gasteiger partial charge in [-0.3, -0.25) is 4.79 Å². The van der Waals surface area contributed by atoms with Crippen molar-refractivity contribution >= 4 is 17.5 Å². The van der Waals surface area contributed by atoms with Gasteiger partial charge in [0.25, 0.3) is 5.91 Å². The van der Waals surface area contributed by atoms with Crippen LogP contribution in [-0.2, 0) is 19.3 Å². The van der Waals surface area contributed by atoms with E-state index in [4.69, 9.17) is 11.6 Å². The first-order valence-corrected chi connectivity index (χ1v) is 8.82. The number of carbonyl (C=O) groups excluding carboxylic acids is 1. The predicted molar refractivity (Wildman–Crippen MR) is 94.4 cm³/mol. The number of carbonyl (C=O) groups is 1. The second-order valence-electron chi connectivity index (χ2n) is 6.34. The number of fused-ring (bicyclic) bond motifs is 1.